The Hall–Kier alpha value is -3.53. The zero-order valence-corrected chi connectivity index (χ0v) is 18.1. The molecule has 1 aliphatic heterocycles. The molecule has 0 saturated carbocycles. The predicted octanol–water partition coefficient (Wildman–Crippen LogP) is 4.98. The summed E-state index contributed by atoms with van der Waals surface area (Å²) in [6, 6.07) is 12.7. The SMILES string of the molecule is CCOc1cc([C@H]2NC(=O)NC(C(C)(C)C)=C2C#N)ccc1OCc1ccc(F)cc1. The molecule has 2 amide bonds. The van der Waals surface area contributed by atoms with Crippen molar-refractivity contribution in [3.63, 3.8) is 0 Å². The molecule has 0 saturated heterocycles. The number of allylic oxidation sites excluding steroid dienone is 1. The van der Waals surface area contributed by atoms with Crippen LogP contribution in [-0.4, -0.2) is 12.6 Å². The van der Waals surface area contributed by atoms with Gasteiger partial charge < -0.3 is 20.1 Å². The van der Waals surface area contributed by atoms with Crippen LogP contribution in [0.1, 0.15) is 44.9 Å². The van der Waals surface area contributed by atoms with Crippen LogP contribution < -0.4 is 20.1 Å². The second-order valence-electron chi connectivity index (χ2n) is 8.24. The second kappa shape index (κ2) is 9.09. The summed E-state index contributed by atoms with van der Waals surface area (Å²) in [6.07, 6.45) is 0. The molecule has 0 unspecified atom stereocenters. The van der Waals surface area contributed by atoms with Crippen molar-refractivity contribution in [1.82, 2.24) is 10.6 Å². The Bertz CT molecular complexity index is 1030. The lowest BCUT2D eigenvalue weighted by atomic mass is 9.84. The van der Waals surface area contributed by atoms with Crippen LogP contribution in [0.15, 0.2) is 53.7 Å². The van der Waals surface area contributed by atoms with Gasteiger partial charge in [-0.25, -0.2) is 9.18 Å². The van der Waals surface area contributed by atoms with Gasteiger partial charge in [0.25, 0.3) is 0 Å². The number of carbonyl (C=O) groups is 1. The van der Waals surface area contributed by atoms with E-state index in [1.807, 2.05) is 27.7 Å². The van der Waals surface area contributed by atoms with Gasteiger partial charge >= 0.3 is 6.03 Å². The second-order valence-corrected chi connectivity index (χ2v) is 8.24. The van der Waals surface area contributed by atoms with Crippen LogP contribution >= 0.6 is 0 Å². The summed E-state index contributed by atoms with van der Waals surface area (Å²) in [5.41, 5.74) is 2.18. The van der Waals surface area contributed by atoms with Crippen LogP contribution in [0, 0.1) is 22.6 Å². The Kier molecular flexibility index (Phi) is 6.50. The highest BCUT2D eigenvalue weighted by molar-refractivity contribution is 5.80. The van der Waals surface area contributed by atoms with E-state index in [0.717, 1.165) is 5.56 Å². The highest BCUT2D eigenvalue weighted by Crippen LogP contribution is 2.37. The van der Waals surface area contributed by atoms with Gasteiger partial charge in [0, 0.05) is 11.1 Å². The zero-order valence-electron chi connectivity index (χ0n) is 18.1. The van der Waals surface area contributed by atoms with E-state index in [-0.39, 0.29) is 18.5 Å². The molecule has 1 atom stereocenters. The Morgan fingerprint density at radius 3 is 2.42 bits per heavy atom. The molecule has 1 heterocycles. The van der Waals surface area contributed by atoms with Crippen molar-refractivity contribution in [2.75, 3.05) is 6.61 Å². The fourth-order valence-electron chi connectivity index (χ4n) is 3.36. The number of carbonyl (C=O) groups excluding carboxylic acids is 1. The van der Waals surface area contributed by atoms with Crippen LogP contribution in [0.4, 0.5) is 9.18 Å². The van der Waals surface area contributed by atoms with E-state index in [9.17, 15) is 14.4 Å². The molecular weight excluding hydrogens is 397 g/mol. The molecule has 1 aliphatic rings. The largest absolute Gasteiger partial charge is 0.490 e. The Morgan fingerprint density at radius 2 is 1.81 bits per heavy atom. The lowest BCUT2D eigenvalue weighted by Gasteiger charge is -2.33. The summed E-state index contributed by atoms with van der Waals surface area (Å²) in [6.45, 7) is 8.37. The first-order valence-corrected chi connectivity index (χ1v) is 10.1. The maximum absolute atomic E-state index is 13.1. The minimum absolute atomic E-state index is 0.251. The van der Waals surface area contributed by atoms with Gasteiger partial charge in [-0.1, -0.05) is 39.0 Å². The van der Waals surface area contributed by atoms with Gasteiger partial charge in [0.15, 0.2) is 11.5 Å². The van der Waals surface area contributed by atoms with E-state index in [1.54, 1.807) is 30.3 Å². The molecular formula is C24H26FN3O3. The van der Waals surface area contributed by atoms with Crippen molar-refractivity contribution in [3.8, 4) is 17.6 Å². The number of halogens is 1. The third kappa shape index (κ3) is 5.15. The molecule has 2 N–H and O–H groups in total. The monoisotopic (exact) mass is 423 g/mol. The van der Waals surface area contributed by atoms with Crippen molar-refractivity contribution in [2.24, 2.45) is 5.41 Å². The highest BCUT2D eigenvalue weighted by atomic mass is 19.1. The molecule has 0 aromatic heterocycles. The molecule has 31 heavy (non-hydrogen) atoms. The molecule has 0 spiro atoms. The van der Waals surface area contributed by atoms with Crippen molar-refractivity contribution in [1.29, 1.82) is 5.26 Å². The number of urea groups is 1. The van der Waals surface area contributed by atoms with E-state index in [4.69, 9.17) is 9.47 Å². The smallest absolute Gasteiger partial charge is 0.319 e. The van der Waals surface area contributed by atoms with Gasteiger partial charge in [-0.2, -0.15) is 5.26 Å². The summed E-state index contributed by atoms with van der Waals surface area (Å²) >= 11 is 0. The molecule has 0 bridgehead atoms. The topological polar surface area (TPSA) is 83.4 Å². The van der Waals surface area contributed by atoms with Gasteiger partial charge in [-0.05, 0) is 42.3 Å². The van der Waals surface area contributed by atoms with Crippen LogP contribution in [0.5, 0.6) is 11.5 Å². The van der Waals surface area contributed by atoms with E-state index in [0.29, 0.717) is 34.9 Å². The zero-order chi connectivity index (χ0) is 22.6. The van der Waals surface area contributed by atoms with Crippen molar-refractivity contribution in [2.45, 2.75) is 40.3 Å². The summed E-state index contributed by atoms with van der Waals surface area (Å²) < 4.78 is 24.7. The first-order valence-electron chi connectivity index (χ1n) is 10.1. The number of nitrogens with zero attached hydrogens (tertiary/aromatic N) is 1. The number of hydrogen-bond acceptors (Lipinski definition) is 4. The molecule has 7 heteroatoms. The average molecular weight is 423 g/mol. The van der Waals surface area contributed by atoms with Gasteiger partial charge in [0.1, 0.15) is 12.4 Å². The number of nitriles is 1. The number of benzene rings is 2. The maximum atomic E-state index is 13.1. The minimum atomic E-state index is -0.599. The molecule has 0 radical (unpaired) electrons. The Morgan fingerprint density at radius 1 is 1.10 bits per heavy atom. The minimum Gasteiger partial charge on any atom is -0.490 e. The van der Waals surface area contributed by atoms with Crippen LogP contribution in [-0.2, 0) is 6.61 Å². The van der Waals surface area contributed by atoms with E-state index in [2.05, 4.69) is 16.7 Å². The summed E-state index contributed by atoms with van der Waals surface area (Å²) in [5, 5.41) is 15.4. The summed E-state index contributed by atoms with van der Waals surface area (Å²) in [7, 11) is 0. The van der Waals surface area contributed by atoms with Crippen LogP contribution in [0.25, 0.3) is 0 Å². The van der Waals surface area contributed by atoms with Gasteiger partial charge in [0.2, 0.25) is 0 Å². The van der Waals surface area contributed by atoms with Crippen molar-refractivity contribution < 1.29 is 18.7 Å². The molecule has 2 aromatic rings. The Labute approximate surface area is 181 Å². The first kappa shape index (κ1) is 22.2. The average Bonchev–Trinajstić information content (AvgIpc) is 2.73. The first-order chi connectivity index (χ1) is 14.7. The Balaban J connectivity index is 1.93. The van der Waals surface area contributed by atoms with Crippen molar-refractivity contribution in [3.05, 3.63) is 70.7 Å². The molecule has 162 valence electrons. The maximum Gasteiger partial charge on any atom is 0.319 e. The van der Waals surface area contributed by atoms with Crippen molar-refractivity contribution >= 4 is 6.03 Å². The highest BCUT2D eigenvalue weighted by Gasteiger charge is 2.34. The normalized spacial score (nSPS) is 16.3. The number of rotatable bonds is 6. The number of amides is 2. The number of nitrogens with one attached hydrogen (secondary N) is 2. The van der Waals surface area contributed by atoms with Gasteiger partial charge in [-0.3, -0.25) is 0 Å². The van der Waals surface area contributed by atoms with E-state index < -0.39 is 11.5 Å². The molecule has 0 fully saturated rings. The third-order valence-corrected chi connectivity index (χ3v) is 4.85. The number of hydrogen-bond donors (Lipinski definition) is 2. The molecule has 3 rings (SSSR count). The fraction of sp³-hybridized carbons (Fsp3) is 0.333. The summed E-state index contributed by atoms with van der Waals surface area (Å²) in [4.78, 5) is 12.3. The van der Waals surface area contributed by atoms with Crippen LogP contribution in [0.2, 0.25) is 0 Å². The van der Waals surface area contributed by atoms with E-state index >= 15 is 0 Å². The summed E-state index contributed by atoms with van der Waals surface area (Å²) in [5.74, 6) is 0.723. The standard InChI is InChI=1S/C24H26FN3O3/c1-5-30-20-12-16(8-11-19(20)31-14-15-6-9-17(25)10-7-15)21-18(13-26)22(24(2,3)4)28-23(29)27-21/h6-12,21H,5,14H2,1-4H3,(H2,27,28,29)/t21-/m1/s1. The van der Waals surface area contributed by atoms with E-state index in [1.165, 1.54) is 12.1 Å². The third-order valence-electron chi connectivity index (χ3n) is 4.85. The van der Waals surface area contributed by atoms with Gasteiger partial charge in [0.05, 0.1) is 24.3 Å². The molecule has 6 nitrogen and oxygen atoms in total. The molecule has 2 aromatic carbocycles. The quantitative estimate of drug-likeness (QED) is 0.686. The number of ether oxygens (including phenoxy) is 2. The predicted molar refractivity (Wildman–Crippen MR) is 115 cm³/mol. The lowest BCUT2D eigenvalue weighted by molar-refractivity contribution is 0.235. The fourth-order valence-corrected chi connectivity index (χ4v) is 3.36. The van der Waals surface area contributed by atoms with Crippen LogP contribution in [0.3, 0.4) is 0 Å². The van der Waals surface area contributed by atoms with Gasteiger partial charge in [-0.15, -0.1) is 0 Å². The lowest BCUT2D eigenvalue weighted by Crippen LogP contribution is -2.46. The molecule has 0 aliphatic carbocycles.